The largest absolute Gasteiger partial charge is 0.355 e. The fourth-order valence-electron chi connectivity index (χ4n) is 2.94. The lowest BCUT2D eigenvalue weighted by atomic mass is 10.1. The van der Waals surface area contributed by atoms with Gasteiger partial charge in [0, 0.05) is 36.4 Å². The van der Waals surface area contributed by atoms with E-state index in [0.29, 0.717) is 5.65 Å². The van der Waals surface area contributed by atoms with Crippen molar-refractivity contribution in [1.82, 2.24) is 14.3 Å². The van der Waals surface area contributed by atoms with Gasteiger partial charge in [-0.3, -0.25) is 4.79 Å². The van der Waals surface area contributed by atoms with Crippen molar-refractivity contribution in [3.05, 3.63) is 64.1 Å². The molecule has 4 N–H and O–H groups in total. The Balaban J connectivity index is 1.67. The second-order valence-corrected chi connectivity index (χ2v) is 7.41. The Bertz CT molecular complexity index is 1140. The van der Waals surface area contributed by atoms with E-state index >= 15 is 0 Å². The third kappa shape index (κ3) is 3.00. The van der Waals surface area contributed by atoms with Gasteiger partial charge in [-0.1, -0.05) is 6.07 Å². The minimum Gasteiger partial charge on any atom is -0.355 e. The second-order valence-electron chi connectivity index (χ2n) is 5.86. The van der Waals surface area contributed by atoms with Gasteiger partial charge in [-0.2, -0.15) is 12.7 Å². The highest BCUT2D eigenvalue weighted by Crippen LogP contribution is 2.29. The monoisotopic (exact) mass is 357 g/mol. The molecule has 0 bridgehead atoms. The molecule has 1 aromatic carbocycles. The Labute approximate surface area is 143 Å². The number of hydrogen-bond acceptors (Lipinski definition) is 5. The quantitative estimate of drug-likeness (QED) is 0.650. The summed E-state index contributed by atoms with van der Waals surface area (Å²) >= 11 is 0. The smallest absolute Gasteiger partial charge is 0.277 e. The van der Waals surface area contributed by atoms with E-state index in [1.165, 1.54) is 10.4 Å². The number of anilines is 2. The van der Waals surface area contributed by atoms with Crippen molar-refractivity contribution in [2.75, 3.05) is 5.32 Å². The number of H-pyrrole nitrogens is 1. The standard InChI is InChI=1S/C16H15N5O3S/c17-25(23,24)21-8-10-1-2-12(7-11(10)9-21)19-14-5-6-18-16-13(14)3-4-15(22)20-16/h1-7H,8-9H2,(H2,17,23,24)(H2,18,19,20,22). The summed E-state index contributed by atoms with van der Waals surface area (Å²) in [6, 6.07) is 10.6. The van der Waals surface area contributed by atoms with Crippen LogP contribution in [0.5, 0.6) is 0 Å². The number of aromatic amines is 1. The maximum Gasteiger partial charge on any atom is 0.277 e. The van der Waals surface area contributed by atoms with Gasteiger partial charge in [0.05, 0.1) is 5.69 Å². The summed E-state index contributed by atoms with van der Waals surface area (Å²) in [7, 11) is -3.70. The number of benzene rings is 1. The predicted molar refractivity (Wildman–Crippen MR) is 94.4 cm³/mol. The summed E-state index contributed by atoms with van der Waals surface area (Å²) in [6.45, 7) is 0.544. The van der Waals surface area contributed by atoms with Crippen molar-refractivity contribution >= 4 is 32.6 Å². The summed E-state index contributed by atoms with van der Waals surface area (Å²) in [5.74, 6) is 0. The van der Waals surface area contributed by atoms with E-state index in [4.69, 9.17) is 5.14 Å². The van der Waals surface area contributed by atoms with Crippen LogP contribution in [0.2, 0.25) is 0 Å². The average molecular weight is 357 g/mol. The predicted octanol–water partition coefficient (Wildman–Crippen LogP) is 1.19. The van der Waals surface area contributed by atoms with E-state index in [1.807, 2.05) is 24.3 Å². The number of fused-ring (bicyclic) bond motifs is 2. The van der Waals surface area contributed by atoms with Gasteiger partial charge in [-0.15, -0.1) is 0 Å². The van der Waals surface area contributed by atoms with Gasteiger partial charge in [-0.25, -0.2) is 10.1 Å². The van der Waals surface area contributed by atoms with Gasteiger partial charge in [-0.05, 0) is 35.4 Å². The Kier molecular flexibility index (Phi) is 3.57. The van der Waals surface area contributed by atoms with Gasteiger partial charge in [0.2, 0.25) is 5.56 Å². The maximum absolute atomic E-state index is 11.5. The third-order valence-corrected chi connectivity index (χ3v) is 5.15. The minimum atomic E-state index is -3.70. The van der Waals surface area contributed by atoms with Crippen LogP contribution in [0.25, 0.3) is 11.0 Å². The first kappa shape index (κ1) is 15.8. The number of nitrogens with two attached hydrogens (primary N) is 1. The van der Waals surface area contributed by atoms with Crippen LogP contribution < -0.4 is 16.0 Å². The Morgan fingerprint density at radius 1 is 1.12 bits per heavy atom. The molecule has 128 valence electrons. The van der Waals surface area contributed by atoms with Crippen LogP contribution >= 0.6 is 0 Å². The van der Waals surface area contributed by atoms with Crippen LogP contribution in [0.3, 0.4) is 0 Å². The summed E-state index contributed by atoms with van der Waals surface area (Å²) in [5, 5.41) is 9.28. The first-order valence-corrected chi connectivity index (χ1v) is 9.05. The molecule has 0 amide bonds. The van der Waals surface area contributed by atoms with E-state index in [1.54, 1.807) is 12.3 Å². The molecular weight excluding hydrogens is 342 g/mol. The number of nitrogens with one attached hydrogen (secondary N) is 2. The summed E-state index contributed by atoms with van der Waals surface area (Å²) < 4.78 is 24.2. The molecule has 3 heterocycles. The number of pyridine rings is 2. The van der Waals surface area contributed by atoms with Crippen LogP contribution in [0.1, 0.15) is 11.1 Å². The maximum atomic E-state index is 11.5. The fourth-order valence-corrected chi connectivity index (χ4v) is 3.58. The lowest BCUT2D eigenvalue weighted by molar-refractivity contribution is 0.432. The molecule has 3 aromatic rings. The van der Waals surface area contributed by atoms with Crippen molar-refractivity contribution in [2.24, 2.45) is 5.14 Å². The van der Waals surface area contributed by atoms with Gasteiger partial charge in [0.15, 0.2) is 0 Å². The lowest BCUT2D eigenvalue weighted by Gasteiger charge is -2.10. The lowest BCUT2D eigenvalue weighted by Crippen LogP contribution is -2.32. The van der Waals surface area contributed by atoms with Crippen LogP contribution in [-0.4, -0.2) is 22.7 Å². The van der Waals surface area contributed by atoms with E-state index in [2.05, 4.69) is 15.3 Å². The summed E-state index contributed by atoms with van der Waals surface area (Å²) in [6.07, 6.45) is 1.61. The summed E-state index contributed by atoms with van der Waals surface area (Å²) in [4.78, 5) is 18.3. The molecule has 4 rings (SSSR count). The van der Waals surface area contributed by atoms with Crippen molar-refractivity contribution in [2.45, 2.75) is 13.1 Å². The van der Waals surface area contributed by atoms with Gasteiger partial charge < -0.3 is 10.3 Å². The molecule has 0 saturated carbocycles. The van der Waals surface area contributed by atoms with E-state index in [-0.39, 0.29) is 18.6 Å². The number of nitrogens with zero attached hydrogens (tertiary/aromatic N) is 2. The molecule has 0 atom stereocenters. The Morgan fingerprint density at radius 2 is 1.92 bits per heavy atom. The van der Waals surface area contributed by atoms with E-state index in [0.717, 1.165) is 27.9 Å². The van der Waals surface area contributed by atoms with Crippen LogP contribution in [0.15, 0.2) is 47.4 Å². The van der Waals surface area contributed by atoms with Gasteiger partial charge in [0.25, 0.3) is 10.2 Å². The molecule has 0 aliphatic carbocycles. The number of rotatable bonds is 3. The molecule has 1 aliphatic heterocycles. The molecule has 1 aliphatic rings. The van der Waals surface area contributed by atoms with Crippen LogP contribution in [-0.2, 0) is 23.3 Å². The molecule has 25 heavy (non-hydrogen) atoms. The SMILES string of the molecule is NS(=O)(=O)N1Cc2ccc(Nc3ccnc4[nH]c(=O)ccc34)cc2C1. The molecule has 0 radical (unpaired) electrons. The van der Waals surface area contributed by atoms with E-state index in [9.17, 15) is 13.2 Å². The first-order chi connectivity index (χ1) is 11.9. The molecule has 0 unspecified atom stereocenters. The molecular formula is C16H15N5O3S. The highest BCUT2D eigenvalue weighted by molar-refractivity contribution is 7.86. The normalized spacial score (nSPS) is 14.6. The van der Waals surface area contributed by atoms with Crippen molar-refractivity contribution in [3.63, 3.8) is 0 Å². The Morgan fingerprint density at radius 3 is 2.72 bits per heavy atom. The Hall–Kier alpha value is -2.75. The molecule has 8 nitrogen and oxygen atoms in total. The zero-order valence-corrected chi connectivity index (χ0v) is 13.9. The topological polar surface area (TPSA) is 121 Å². The molecule has 9 heteroatoms. The number of aromatic nitrogens is 2. The number of hydrogen-bond donors (Lipinski definition) is 3. The zero-order valence-electron chi connectivity index (χ0n) is 13.1. The van der Waals surface area contributed by atoms with Gasteiger partial charge >= 0.3 is 0 Å². The van der Waals surface area contributed by atoms with Crippen molar-refractivity contribution < 1.29 is 8.42 Å². The highest BCUT2D eigenvalue weighted by Gasteiger charge is 2.26. The molecule has 0 saturated heterocycles. The molecule has 0 spiro atoms. The third-order valence-electron chi connectivity index (χ3n) is 4.17. The van der Waals surface area contributed by atoms with Crippen molar-refractivity contribution in [3.8, 4) is 0 Å². The average Bonchev–Trinajstić information content (AvgIpc) is 2.98. The second kappa shape index (κ2) is 5.66. The minimum absolute atomic E-state index is 0.210. The zero-order chi connectivity index (χ0) is 17.6. The van der Waals surface area contributed by atoms with E-state index < -0.39 is 10.2 Å². The molecule has 2 aromatic heterocycles. The van der Waals surface area contributed by atoms with Crippen LogP contribution in [0.4, 0.5) is 11.4 Å². The summed E-state index contributed by atoms with van der Waals surface area (Å²) in [5.41, 5.74) is 3.74. The first-order valence-electron chi connectivity index (χ1n) is 7.55. The fraction of sp³-hybridized carbons (Fsp3) is 0.125. The van der Waals surface area contributed by atoms with Crippen LogP contribution in [0, 0.1) is 0 Å². The highest BCUT2D eigenvalue weighted by atomic mass is 32.2. The van der Waals surface area contributed by atoms with Crippen molar-refractivity contribution in [1.29, 1.82) is 0 Å². The van der Waals surface area contributed by atoms with Gasteiger partial charge in [0.1, 0.15) is 5.65 Å². The molecule has 0 fully saturated rings.